The van der Waals surface area contributed by atoms with Crippen LogP contribution in [0.2, 0.25) is 5.02 Å². The van der Waals surface area contributed by atoms with E-state index in [-0.39, 0.29) is 5.92 Å². The quantitative estimate of drug-likeness (QED) is 0.676. The molecule has 2 heterocycles. The second-order valence-corrected chi connectivity index (χ2v) is 7.80. The van der Waals surface area contributed by atoms with Crippen molar-refractivity contribution in [2.24, 2.45) is 5.92 Å². The van der Waals surface area contributed by atoms with Gasteiger partial charge >= 0.3 is 0 Å². The van der Waals surface area contributed by atoms with Crippen molar-refractivity contribution >= 4 is 17.5 Å². The molecule has 0 atom stereocenters. The number of carbonyl (C=O) groups is 1. The molecule has 1 aromatic heterocycles. The summed E-state index contributed by atoms with van der Waals surface area (Å²) in [5, 5.41) is 12.8. The van der Waals surface area contributed by atoms with E-state index in [4.69, 9.17) is 11.6 Å². The van der Waals surface area contributed by atoms with Gasteiger partial charge in [-0.25, -0.2) is 0 Å². The minimum absolute atomic E-state index is 0.179. The molecule has 1 aliphatic heterocycles. The van der Waals surface area contributed by atoms with E-state index < -0.39 is 0 Å². The maximum atomic E-state index is 12.8. The standard InChI is InChI=1S/C20H29ClN6O/c1-3-5-16(6-4-2)20(28)26-13-11-25(12-14-26)15-19-22-23-24-27(19)18-9-7-17(21)8-10-18/h7-10,16H,3-6,11-15H2,1-2H3. The van der Waals surface area contributed by atoms with E-state index in [1.54, 1.807) is 4.68 Å². The van der Waals surface area contributed by atoms with E-state index in [1.165, 1.54) is 0 Å². The first kappa shape index (κ1) is 20.7. The second kappa shape index (κ2) is 9.98. The van der Waals surface area contributed by atoms with Gasteiger partial charge in [0.1, 0.15) is 0 Å². The molecule has 0 N–H and O–H groups in total. The van der Waals surface area contributed by atoms with Crippen LogP contribution in [0.25, 0.3) is 5.69 Å². The van der Waals surface area contributed by atoms with Gasteiger partial charge in [-0.2, -0.15) is 4.68 Å². The SMILES string of the molecule is CCCC(CCC)C(=O)N1CCN(Cc2nnnn2-c2ccc(Cl)cc2)CC1. The van der Waals surface area contributed by atoms with Gasteiger partial charge in [-0.05, 0) is 47.5 Å². The van der Waals surface area contributed by atoms with Gasteiger partial charge < -0.3 is 4.90 Å². The largest absolute Gasteiger partial charge is 0.340 e. The topological polar surface area (TPSA) is 67.2 Å². The van der Waals surface area contributed by atoms with Crippen LogP contribution in [0.5, 0.6) is 0 Å². The third-order valence-corrected chi connectivity index (χ3v) is 5.53. The maximum Gasteiger partial charge on any atom is 0.225 e. The highest BCUT2D eigenvalue weighted by atomic mass is 35.5. The molecule has 0 unspecified atom stereocenters. The second-order valence-electron chi connectivity index (χ2n) is 7.36. The highest BCUT2D eigenvalue weighted by Crippen LogP contribution is 2.19. The first-order valence-electron chi connectivity index (χ1n) is 10.2. The Labute approximate surface area is 171 Å². The lowest BCUT2D eigenvalue weighted by atomic mass is 9.96. The fourth-order valence-electron chi connectivity index (χ4n) is 3.76. The monoisotopic (exact) mass is 404 g/mol. The summed E-state index contributed by atoms with van der Waals surface area (Å²) in [4.78, 5) is 17.2. The van der Waals surface area contributed by atoms with Crippen LogP contribution in [0, 0.1) is 5.92 Å². The normalized spacial score (nSPS) is 15.4. The summed E-state index contributed by atoms with van der Waals surface area (Å²) < 4.78 is 1.74. The third-order valence-electron chi connectivity index (χ3n) is 5.28. The Morgan fingerprint density at radius 1 is 1.07 bits per heavy atom. The van der Waals surface area contributed by atoms with Crippen molar-refractivity contribution in [2.45, 2.75) is 46.1 Å². The summed E-state index contributed by atoms with van der Waals surface area (Å²) in [6, 6.07) is 7.46. The van der Waals surface area contributed by atoms with Crippen molar-refractivity contribution in [2.75, 3.05) is 26.2 Å². The van der Waals surface area contributed by atoms with Gasteiger partial charge in [0.05, 0.1) is 12.2 Å². The molecular weight excluding hydrogens is 376 g/mol. The average molecular weight is 405 g/mol. The Kier molecular flexibility index (Phi) is 7.39. The summed E-state index contributed by atoms with van der Waals surface area (Å²) in [5.74, 6) is 1.30. The Morgan fingerprint density at radius 2 is 1.71 bits per heavy atom. The van der Waals surface area contributed by atoms with Gasteiger partial charge in [0.25, 0.3) is 0 Å². The smallest absolute Gasteiger partial charge is 0.225 e. The molecule has 1 aromatic carbocycles. The van der Waals surface area contributed by atoms with Gasteiger partial charge in [-0.3, -0.25) is 9.69 Å². The molecule has 152 valence electrons. The molecular formula is C20H29ClN6O. The molecule has 28 heavy (non-hydrogen) atoms. The highest BCUT2D eigenvalue weighted by molar-refractivity contribution is 6.30. The van der Waals surface area contributed by atoms with E-state index in [0.717, 1.165) is 63.4 Å². The van der Waals surface area contributed by atoms with Crippen LogP contribution in [0.3, 0.4) is 0 Å². The number of hydrogen-bond acceptors (Lipinski definition) is 5. The number of hydrogen-bond donors (Lipinski definition) is 0. The lowest BCUT2D eigenvalue weighted by Gasteiger charge is -2.36. The highest BCUT2D eigenvalue weighted by Gasteiger charge is 2.27. The molecule has 1 fully saturated rings. The number of halogens is 1. The van der Waals surface area contributed by atoms with Crippen LogP contribution in [0.1, 0.15) is 45.4 Å². The number of rotatable bonds is 8. The molecule has 1 saturated heterocycles. The molecule has 1 amide bonds. The molecule has 0 aliphatic carbocycles. The number of piperazine rings is 1. The Hall–Kier alpha value is -1.99. The van der Waals surface area contributed by atoms with Crippen molar-refractivity contribution in [3.05, 3.63) is 35.1 Å². The van der Waals surface area contributed by atoms with E-state index >= 15 is 0 Å². The number of nitrogens with zero attached hydrogens (tertiary/aromatic N) is 6. The molecule has 2 aromatic rings. The summed E-state index contributed by atoms with van der Waals surface area (Å²) in [6.07, 6.45) is 4.10. The Bertz CT molecular complexity index is 748. The minimum atomic E-state index is 0.179. The lowest BCUT2D eigenvalue weighted by Crippen LogP contribution is -2.50. The summed E-state index contributed by atoms with van der Waals surface area (Å²) >= 11 is 5.97. The van der Waals surface area contributed by atoms with Gasteiger partial charge in [0, 0.05) is 37.1 Å². The Balaban J connectivity index is 1.57. The summed E-state index contributed by atoms with van der Waals surface area (Å²) in [5.41, 5.74) is 0.889. The summed E-state index contributed by atoms with van der Waals surface area (Å²) in [6.45, 7) is 8.17. The van der Waals surface area contributed by atoms with Crippen molar-refractivity contribution in [1.82, 2.24) is 30.0 Å². The van der Waals surface area contributed by atoms with Crippen LogP contribution in [0.15, 0.2) is 24.3 Å². The lowest BCUT2D eigenvalue weighted by molar-refractivity contribution is -0.137. The van der Waals surface area contributed by atoms with Crippen molar-refractivity contribution in [3.8, 4) is 5.69 Å². The first-order chi connectivity index (χ1) is 13.6. The first-order valence-corrected chi connectivity index (χ1v) is 10.5. The molecule has 1 aliphatic rings. The van der Waals surface area contributed by atoms with E-state index in [2.05, 4.69) is 34.3 Å². The van der Waals surface area contributed by atoms with E-state index in [1.807, 2.05) is 29.2 Å². The fraction of sp³-hybridized carbons (Fsp3) is 0.600. The van der Waals surface area contributed by atoms with Crippen LogP contribution in [0.4, 0.5) is 0 Å². The molecule has 3 rings (SSSR count). The molecule has 7 nitrogen and oxygen atoms in total. The molecule has 0 spiro atoms. The van der Waals surface area contributed by atoms with Crippen molar-refractivity contribution < 1.29 is 4.79 Å². The molecule has 0 bridgehead atoms. The zero-order chi connectivity index (χ0) is 19.9. The number of aromatic nitrogens is 4. The van der Waals surface area contributed by atoms with E-state index in [0.29, 0.717) is 17.5 Å². The predicted molar refractivity (Wildman–Crippen MR) is 109 cm³/mol. The van der Waals surface area contributed by atoms with Crippen LogP contribution in [-0.4, -0.2) is 62.1 Å². The fourth-order valence-corrected chi connectivity index (χ4v) is 3.89. The number of carbonyl (C=O) groups excluding carboxylic acids is 1. The van der Waals surface area contributed by atoms with Crippen LogP contribution in [-0.2, 0) is 11.3 Å². The van der Waals surface area contributed by atoms with Crippen LogP contribution < -0.4 is 0 Å². The maximum absolute atomic E-state index is 12.8. The minimum Gasteiger partial charge on any atom is -0.340 e. The van der Waals surface area contributed by atoms with Gasteiger partial charge in [0.15, 0.2) is 5.82 Å². The third kappa shape index (κ3) is 5.08. The van der Waals surface area contributed by atoms with Crippen molar-refractivity contribution in [1.29, 1.82) is 0 Å². The molecule has 8 heteroatoms. The number of benzene rings is 1. The number of tetrazole rings is 1. The van der Waals surface area contributed by atoms with E-state index in [9.17, 15) is 4.79 Å². The number of amides is 1. The zero-order valence-corrected chi connectivity index (χ0v) is 17.5. The molecule has 0 saturated carbocycles. The van der Waals surface area contributed by atoms with Gasteiger partial charge in [0.2, 0.25) is 5.91 Å². The van der Waals surface area contributed by atoms with Gasteiger partial charge in [-0.15, -0.1) is 5.10 Å². The Morgan fingerprint density at radius 3 is 2.32 bits per heavy atom. The van der Waals surface area contributed by atoms with Gasteiger partial charge in [-0.1, -0.05) is 38.3 Å². The molecule has 0 radical (unpaired) electrons. The average Bonchev–Trinajstić information content (AvgIpc) is 3.16. The van der Waals surface area contributed by atoms with Crippen molar-refractivity contribution in [3.63, 3.8) is 0 Å². The zero-order valence-electron chi connectivity index (χ0n) is 16.7. The van der Waals surface area contributed by atoms with Crippen LogP contribution >= 0.6 is 11.6 Å². The summed E-state index contributed by atoms with van der Waals surface area (Å²) in [7, 11) is 0. The predicted octanol–water partition coefficient (Wildman–Crippen LogP) is 3.18.